The third-order valence-corrected chi connectivity index (χ3v) is 3.53. The van der Waals surface area contributed by atoms with Gasteiger partial charge in [-0.15, -0.1) is 0 Å². The van der Waals surface area contributed by atoms with Crippen LogP contribution in [-0.4, -0.2) is 49.8 Å². The summed E-state index contributed by atoms with van der Waals surface area (Å²) >= 11 is 11.9. The van der Waals surface area contributed by atoms with Crippen molar-refractivity contribution in [3.8, 4) is 0 Å². The monoisotopic (exact) mass is 361 g/mol. The number of aliphatic imine (C=N–C) groups is 1. The van der Waals surface area contributed by atoms with Crippen LogP contribution in [0.1, 0.15) is 20.8 Å². The Labute approximate surface area is 148 Å². The highest BCUT2D eigenvalue weighted by Gasteiger charge is 2.15. The molecule has 1 heterocycles. The van der Waals surface area contributed by atoms with Gasteiger partial charge in [-0.05, 0) is 26.8 Å². The molecule has 0 aromatic carbocycles. The number of nitrogens with one attached hydrogen (secondary N) is 3. The maximum Gasteiger partial charge on any atom is 0.191 e. The molecular formula is C15H25Cl2N5O. The minimum Gasteiger partial charge on any atom is -0.377 e. The van der Waals surface area contributed by atoms with Gasteiger partial charge in [0.1, 0.15) is 5.82 Å². The summed E-state index contributed by atoms with van der Waals surface area (Å²) in [4.78, 5) is 8.66. The number of guanidine groups is 1. The molecule has 1 aromatic heterocycles. The van der Waals surface area contributed by atoms with Crippen LogP contribution in [0.4, 0.5) is 5.82 Å². The summed E-state index contributed by atoms with van der Waals surface area (Å²) in [7, 11) is 1.68. The number of methoxy groups -OCH3 is 1. The van der Waals surface area contributed by atoms with Crippen LogP contribution < -0.4 is 16.0 Å². The molecule has 0 atom stereocenters. The van der Waals surface area contributed by atoms with Gasteiger partial charge in [-0.2, -0.15) is 0 Å². The van der Waals surface area contributed by atoms with Gasteiger partial charge in [-0.3, -0.25) is 4.99 Å². The van der Waals surface area contributed by atoms with Crippen molar-refractivity contribution in [3.05, 3.63) is 22.3 Å². The SMILES string of the molecule is CCNC(=NCC(C)(C)OC)NCCNc1ncc(Cl)cc1Cl. The van der Waals surface area contributed by atoms with Gasteiger partial charge < -0.3 is 20.7 Å². The molecule has 0 saturated heterocycles. The third kappa shape index (κ3) is 7.72. The van der Waals surface area contributed by atoms with Crippen LogP contribution in [0.15, 0.2) is 17.3 Å². The molecule has 8 heteroatoms. The third-order valence-electron chi connectivity index (χ3n) is 3.03. The minimum absolute atomic E-state index is 0.290. The number of nitrogens with zero attached hydrogens (tertiary/aromatic N) is 2. The molecule has 0 aliphatic carbocycles. The lowest BCUT2D eigenvalue weighted by atomic mass is 10.1. The minimum atomic E-state index is -0.290. The van der Waals surface area contributed by atoms with E-state index >= 15 is 0 Å². The zero-order chi connectivity index (χ0) is 17.3. The van der Waals surface area contributed by atoms with Crippen molar-refractivity contribution in [2.75, 3.05) is 38.6 Å². The van der Waals surface area contributed by atoms with Crippen LogP contribution in [0.5, 0.6) is 0 Å². The summed E-state index contributed by atoms with van der Waals surface area (Å²) in [6.07, 6.45) is 1.56. The Morgan fingerprint density at radius 3 is 2.65 bits per heavy atom. The number of halogens is 2. The fourth-order valence-electron chi connectivity index (χ4n) is 1.58. The summed E-state index contributed by atoms with van der Waals surface area (Å²) in [5.41, 5.74) is -0.290. The Morgan fingerprint density at radius 1 is 1.30 bits per heavy atom. The second kappa shape index (κ2) is 9.80. The van der Waals surface area contributed by atoms with Crippen LogP contribution in [0.2, 0.25) is 10.0 Å². The first kappa shape index (κ1) is 19.8. The molecule has 0 bridgehead atoms. The van der Waals surface area contributed by atoms with E-state index in [1.165, 1.54) is 0 Å². The molecule has 0 saturated carbocycles. The van der Waals surface area contributed by atoms with Gasteiger partial charge in [-0.1, -0.05) is 23.2 Å². The van der Waals surface area contributed by atoms with Crippen molar-refractivity contribution in [1.82, 2.24) is 15.6 Å². The highest BCUT2D eigenvalue weighted by Crippen LogP contribution is 2.21. The van der Waals surface area contributed by atoms with Crippen molar-refractivity contribution >= 4 is 35.0 Å². The maximum atomic E-state index is 6.06. The Morgan fingerprint density at radius 2 is 2.04 bits per heavy atom. The topological polar surface area (TPSA) is 70.6 Å². The molecule has 1 aromatic rings. The molecule has 6 nitrogen and oxygen atoms in total. The van der Waals surface area contributed by atoms with Gasteiger partial charge in [0, 0.05) is 32.9 Å². The quantitative estimate of drug-likeness (QED) is 0.377. The largest absolute Gasteiger partial charge is 0.377 e. The lowest BCUT2D eigenvalue weighted by Gasteiger charge is -2.21. The number of anilines is 1. The van der Waals surface area contributed by atoms with E-state index < -0.39 is 0 Å². The predicted octanol–water partition coefficient (Wildman–Crippen LogP) is 2.78. The number of pyridine rings is 1. The molecule has 23 heavy (non-hydrogen) atoms. The van der Waals surface area contributed by atoms with E-state index in [0.717, 1.165) is 12.5 Å². The molecule has 3 N–H and O–H groups in total. The number of aromatic nitrogens is 1. The smallest absolute Gasteiger partial charge is 0.191 e. The number of rotatable bonds is 8. The predicted molar refractivity (Wildman–Crippen MR) is 97.8 cm³/mol. The van der Waals surface area contributed by atoms with E-state index in [2.05, 4.69) is 25.9 Å². The lowest BCUT2D eigenvalue weighted by molar-refractivity contribution is 0.0311. The molecule has 0 spiro atoms. The number of hydrogen-bond acceptors (Lipinski definition) is 4. The van der Waals surface area contributed by atoms with Gasteiger partial charge in [0.25, 0.3) is 0 Å². The van der Waals surface area contributed by atoms with Crippen molar-refractivity contribution in [3.63, 3.8) is 0 Å². The van der Waals surface area contributed by atoms with Crippen molar-refractivity contribution in [1.29, 1.82) is 0 Å². The van der Waals surface area contributed by atoms with Gasteiger partial charge in [-0.25, -0.2) is 4.98 Å². The van der Waals surface area contributed by atoms with Gasteiger partial charge in [0.2, 0.25) is 0 Å². The summed E-state index contributed by atoms with van der Waals surface area (Å²) in [5, 5.41) is 10.6. The normalized spacial score (nSPS) is 12.2. The standard InChI is InChI=1S/C15H25Cl2N5O/c1-5-18-14(22-10-15(2,3)23-4)20-7-6-19-13-12(17)8-11(16)9-21-13/h8-9H,5-7,10H2,1-4H3,(H,19,21)(H2,18,20,22). The highest BCUT2D eigenvalue weighted by molar-refractivity contribution is 6.35. The highest BCUT2D eigenvalue weighted by atomic mass is 35.5. The molecule has 0 amide bonds. The van der Waals surface area contributed by atoms with Gasteiger partial charge >= 0.3 is 0 Å². The van der Waals surface area contributed by atoms with Crippen LogP contribution in [-0.2, 0) is 4.74 Å². The molecule has 130 valence electrons. The summed E-state index contributed by atoms with van der Waals surface area (Å²) in [6, 6.07) is 1.66. The first-order valence-corrected chi connectivity index (χ1v) is 8.26. The first-order valence-electron chi connectivity index (χ1n) is 7.50. The van der Waals surface area contributed by atoms with E-state index in [9.17, 15) is 0 Å². The first-order chi connectivity index (χ1) is 10.9. The zero-order valence-corrected chi connectivity index (χ0v) is 15.6. The van der Waals surface area contributed by atoms with E-state index in [1.54, 1.807) is 19.4 Å². The van der Waals surface area contributed by atoms with Crippen LogP contribution in [0.25, 0.3) is 0 Å². The Balaban J connectivity index is 2.45. The number of ether oxygens (including phenoxy) is 1. The average molecular weight is 362 g/mol. The van der Waals surface area contributed by atoms with Crippen molar-refractivity contribution in [2.24, 2.45) is 4.99 Å². The molecule has 1 rings (SSSR count). The van der Waals surface area contributed by atoms with Crippen molar-refractivity contribution < 1.29 is 4.74 Å². The zero-order valence-electron chi connectivity index (χ0n) is 14.0. The molecule has 0 aliphatic heterocycles. The summed E-state index contributed by atoms with van der Waals surface area (Å²) in [6.45, 7) is 8.68. The van der Waals surface area contributed by atoms with E-state index in [-0.39, 0.29) is 5.60 Å². The molecule has 0 aliphatic rings. The van der Waals surface area contributed by atoms with E-state index in [0.29, 0.717) is 35.5 Å². The fraction of sp³-hybridized carbons (Fsp3) is 0.600. The summed E-state index contributed by atoms with van der Waals surface area (Å²) < 4.78 is 5.36. The second-order valence-electron chi connectivity index (χ2n) is 5.50. The molecule has 0 fully saturated rings. The molecule has 0 unspecified atom stereocenters. The van der Waals surface area contributed by atoms with Crippen molar-refractivity contribution in [2.45, 2.75) is 26.4 Å². The van der Waals surface area contributed by atoms with Crippen LogP contribution in [0.3, 0.4) is 0 Å². The van der Waals surface area contributed by atoms with E-state index in [1.807, 2.05) is 20.8 Å². The van der Waals surface area contributed by atoms with Crippen LogP contribution in [0, 0.1) is 0 Å². The molecular weight excluding hydrogens is 337 g/mol. The lowest BCUT2D eigenvalue weighted by Crippen LogP contribution is -2.41. The van der Waals surface area contributed by atoms with E-state index in [4.69, 9.17) is 27.9 Å². The molecule has 0 radical (unpaired) electrons. The van der Waals surface area contributed by atoms with Gasteiger partial charge in [0.15, 0.2) is 5.96 Å². The van der Waals surface area contributed by atoms with Crippen LogP contribution >= 0.6 is 23.2 Å². The van der Waals surface area contributed by atoms with Gasteiger partial charge in [0.05, 0.1) is 22.2 Å². The Bertz CT molecular complexity index is 523. The second-order valence-corrected chi connectivity index (χ2v) is 6.34. The Hall–Kier alpha value is -1.24. The fourth-order valence-corrected chi connectivity index (χ4v) is 2.03. The average Bonchev–Trinajstić information content (AvgIpc) is 2.50. The maximum absolute atomic E-state index is 6.06. The summed E-state index contributed by atoms with van der Waals surface area (Å²) in [5.74, 6) is 1.36. The number of hydrogen-bond donors (Lipinski definition) is 3. The Kier molecular flexibility index (Phi) is 8.44.